The van der Waals surface area contributed by atoms with E-state index in [4.69, 9.17) is 4.42 Å². The minimum atomic E-state index is -0.677. The SMILES string of the molecule is Cc1nc2cc(NC(=O)C(=O)N(C)[C@H]3CCCN(c4cccnn4)C3)ccc2o1. The molecular weight excluding hydrogens is 372 g/mol. The van der Waals surface area contributed by atoms with Gasteiger partial charge in [-0.15, -0.1) is 5.10 Å². The minimum Gasteiger partial charge on any atom is -0.441 e. The maximum atomic E-state index is 12.7. The minimum absolute atomic E-state index is 0.0790. The largest absolute Gasteiger partial charge is 0.441 e. The molecule has 0 unspecified atom stereocenters. The number of anilines is 2. The van der Waals surface area contributed by atoms with Crippen LogP contribution in [0.1, 0.15) is 18.7 Å². The van der Waals surface area contributed by atoms with Gasteiger partial charge in [0.1, 0.15) is 5.52 Å². The van der Waals surface area contributed by atoms with Crippen LogP contribution >= 0.6 is 0 Å². The van der Waals surface area contributed by atoms with E-state index in [9.17, 15) is 9.59 Å². The molecule has 1 saturated heterocycles. The van der Waals surface area contributed by atoms with E-state index < -0.39 is 11.8 Å². The number of aryl methyl sites for hydroxylation is 1. The lowest BCUT2D eigenvalue weighted by Crippen LogP contribution is -2.51. The van der Waals surface area contributed by atoms with Gasteiger partial charge >= 0.3 is 11.8 Å². The summed E-state index contributed by atoms with van der Waals surface area (Å²) in [6.07, 6.45) is 3.36. The molecule has 1 atom stereocenters. The van der Waals surface area contributed by atoms with Crippen molar-refractivity contribution >= 4 is 34.4 Å². The van der Waals surface area contributed by atoms with Gasteiger partial charge in [-0.25, -0.2) is 4.98 Å². The Kier molecular flexibility index (Phi) is 5.11. The number of aromatic nitrogens is 3. The Morgan fingerprint density at radius 2 is 2.17 bits per heavy atom. The zero-order valence-electron chi connectivity index (χ0n) is 16.3. The highest BCUT2D eigenvalue weighted by Gasteiger charge is 2.30. The summed E-state index contributed by atoms with van der Waals surface area (Å²) in [5.74, 6) is 0.0686. The molecule has 3 heterocycles. The predicted octanol–water partition coefficient (Wildman–Crippen LogP) is 1.99. The van der Waals surface area contributed by atoms with E-state index in [0.29, 0.717) is 29.2 Å². The molecule has 1 fully saturated rings. The van der Waals surface area contributed by atoms with Crippen molar-refractivity contribution in [2.24, 2.45) is 0 Å². The summed E-state index contributed by atoms with van der Waals surface area (Å²) >= 11 is 0. The van der Waals surface area contributed by atoms with Crippen molar-refractivity contribution in [3.63, 3.8) is 0 Å². The molecule has 0 aliphatic carbocycles. The lowest BCUT2D eigenvalue weighted by molar-refractivity contribution is -0.143. The quantitative estimate of drug-likeness (QED) is 0.678. The molecule has 2 aromatic heterocycles. The second kappa shape index (κ2) is 7.86. The number of nitrogens with one attached hydrogen (secondary N) is 1. The zero-order chi connectivity index (χ0) is 20.4. The van der Waals surface area contributed by atoms with Crippen LogP contribution in [-0.4, -0.2) is 58.1 Å². The maximum Gasteiger partial charge on any atom is 0.313 e. The van der Waals surface area contributed by atoms with Gasteiger partial charge in [-0.2, -0.15) is 5.10 Å². The molecule has 29 heavy (non-hydrogen) atoms. The fourth-order valence-electron chi connectivity index (χ4n) is 3.57. The molecule has 9 heteroatoms. The molecule has 1 aromatic carbocycles. The van der Waals surface area contributed by atoms with Crippen LogP contribution in [0.5, 0.6) is 0 Å². The summed E-state index contributed by atoms with van der Waals surface area (Å²) in [5.41, 5.74) is 1.77. The summed E-state index contributed by atoms with van der Waals surface area (Å²) in [7, 11) is 1.66. The van der Waals surface area contributed by atoms with Crippen LogP contribution in [0, 0.1) is 6.92 Å². The maximum absolute atomic E-state index is 12.7. The van der Waals surface area contributed by atoms with Crippen molar-refractivity contribution < 1.29 is 14.0 Å². The summed E-state index contributed by atoms with van der Waals surface area (Å²) in [5, 5.41) is 10.7. The molecule has 0 radical (unpaired) electrons. The number of piperidine rings is 1. The average molecular weight is 394 g/mol. The van der Waals surface area contributed by atoms with Crippen LogP contribution in [0.2, 0.25) is 0 Å². The van der Waals surface area contributed by atoms with E-state index >= 15 is 0 Å². The third-order valence-corrected chi connectivity index (χ3v) is 5.09. The summed E-state index contributed by atoms with van der Waals surface area (Å²) in [6, 6.07) is 8.75. The fourth-order valence-corrected chi connectivity index (χ4v) is 3.57. The van der Waals surface area contributed by atoms with E-state index in [1.807, 2.05) is 12.1 Å². The van der Waals surface area contributed by atoms with Crippen LogP contribution in [-0.2, 0) is 9.59 Å². The molecule has 2 amide bonds. The van der Waals surface area contributed by atoms with Crippen molar-refractivity contribution in [3.05, 3.63) is 42.4 Å². The molecular formula is C20H22N6O3. The number of hydrogen-bond donors (Lipinski definition) is 1. The van der Waals surface area contributed by atoms with E-state index in [1.54, 1.807) is 38.4 Å². The van der Waals surface area contributed by atoms with E-state index in [2.05, 4.69) is 25.4 Å². The Bertz CT molecular complexity index is 1040. The number of hydrogen-bond acceptors (Lipinski definition) is 7. The summed E-state index contributed by atoms with van der Waals surface area (Å²) < 4.78 is 5.43. The third-order valence-electron chi connectivity index (χ3n) is 5.09. The summed E-state index contributed by atoms with van der Waals surface area (Å²) in [4.78, 5) is 33.0. The van der Waals surface area contributed by atoms with E-state index in [-0.39, 0.29) is 6.04 Å². The Morgan fingerprint density at radius 3 is 2.97 bits per heavy atom. The van der Waals surface area contributed by atoms with Gasteiger partial charge in [-0.1, -0.05) is 0 Å². The third kappa shape index (κ3) is 4.03. The first-order chi connectivity index (χ1) is 14.0. The highest BCUT2D eigenvalue weighted by molar-refractivity contribution is 6.39. The van der Waals surface area contributed by atoms with Crippen molar-refractivity contribution in [1.29, 1.82) is 0 Å². The first-order valence-corrected chi connectivity index (χ1v) is 9.49. The van der Waals surface area contributed by atoms with Crippen LogP contribution < -0.4 is 10.2 Å². The van der Waals surface area contributed by atoms with Crippen LogP contribution in [0.25, 0.3) is 11.1 Å². The second-order valence-electron chi connectivity index (χ2n) is 7.11. The van der Waals surface area contributed by atoms with Crippen molar-refractivity contribution in [2.45, 2.75) is 25.8 Å². The number of carbonyl (C=O) groups is 2. The highest BCUT2D eigenvalue weighted by atomic mass is 16.3. The molecule has 1 aliphatic rings. The highest BCUT2D eigenvalue weighted by Crippen LogP contribution is 2.21. The fraction of sp³-hybridized carbons (Fsp3) is 0.350. The first-order valence-electron chi connectivity index (χ1n) is 9.49. The number of rotatable bonds is 3. The van der Waals surface area contributed by atoms with Gasteiger partial charge in [-0.05, 0) is 43.2 Å². The first kappa shape index (κ1) is 18.9. The number of fused-ring (bicyclic) bond motifs is 1. The van der Waals surface area contributed by atoms with Crippen LogP contribution in [0.15, 0.2) is 40.9 Å². The zero-order valence-corrected chi connectivity index (χ0v) is 16.3. The Balaban J connectivity index is 1.41. The Hall–Kier alpha value is -3.49. The van der Waals surface area contributed by atoms with Gasteiger partial charge in [0.15, 0.2) is 17.3 Å². The van der Waals surface area contributed by atoms with Crippen molar-refractivity contribution in [3.8, 4) is 0 Å². The van der Waals surface area contributed by atoms with Gasteiger partial charge in [0, 0.05) is 45.0 Å². The second-order valence-corrected chi connectivity index (χ2v) is 7.11. The number of nitrogens with zero attached hydrogens (tertiary/aromatic N) is 5. The lowest BCUT2D eigenvalue weighted by Gasteiger charge is -2.37. The Labute approximate surface area is 167 Å². The van der Waals surface area contributed by atoms with Gasteiger partial charge in [0.25, 0.3) is 0 Å². The van der Waals surface area contributed by atoms with Gasteiger partial charge < -0.3 is 19.5 Å². The normalized spacial score (nSPS) is 16.6. The average Bonchev–Trinajstić information content (AvgIpc) is 3.12. The van der Waals surface area contributed by atoms with Crippen molar-refractivity contribution in [2.75, 3.05) is 30.4 Å². The van der Waals surface area contributed by atoms with E-state index in [0.717, 1.165) is 25.2 Å². The number of carbonyl (C=O) groups excluding carboxylic acids is 2. The molecule has 3 aromatic rings. The van der Waals surface area contributed by atoms with E-state index in [1.165, 1.54) is 4.90 Å². The molecule has 4 rings (SSSR count). The standard InChI is InChI=1S/C20H22N6O3/c1-13-22-16-11-14(7-8-17(16)29-13)23-19(27)20(28)25(2)15-5-4-10-26(12-15)18-6-3-9-21-24-18/h3,6-9,11,15H,4-5,10,12H2,1-2H3,(H,23,27)/t15-/m0/s1. The number of oxazole rings is 1. The Morgan fingerprint density at radius 1 is 1.31 bits per heavy atom. The van der Waals surface area contributed by atoms with Crippen LogP contribution in [0.4, 0.5) is 11.5 Å². The smallest absolute Gasteiger partial charge is 0.313 e. The molecule has 1 aliphatic heterocycles. The topological polar surface area (TPSA) is 104 Å². The number of likely N-dealkylation sites (N-methyl/N-ethyl adjacent to an activating group) is 1. The number of amides is 2. The molecule has 0 saturated carbocycles. The summed E-state index contributed by atoms with van der Waals surface area (Å²) in [6.45, 7) is 3.21. The van der Waals surface area contributed by atoms with Crippen molar-refractivity contribution in [1.82, 2.24) is 20.1 Å². The monoisotopic (exact) mass is 394 g/mol. The van der Waals surface area contributed by atoms with Crippen LogP contribution in [0.3, 0.4) is 0 Å². The van der Waals surface area contributed by atoms with Gasteiger partial charge in [0.05, 0.1) is 0 Å². The molecule has 150 valence electrons. The lowest BCUT2D eigenvalue weighted by atomic mass is 10.0. The number of benzene rings is 1. The molecule has 0 bridgehead atoms. The van der Waals surface area contributed by atoms with Gasteiger partial charge in [-0.3, -0.25) is 9.59 Å². The predicted molar refractivity (Wildman–Crippen MR) is 107 cm³/mol. The molecule has 0 spiro atoms. The van der Waals surface area contributed by atoms with Gasteiger partial charge in [0.2, 0.25) is 0 Å². The molecule has 9 nitrogen and oxygen atoms in total. The molecule has 1 N–H and O–H groups in total.